The van der Waals surface area contributed by atoms with Crippen LogP contribution in [0.1, 0.15) is 5.56 Å². The summed E-state index contributed by atoms with van der Waals surface area (Å²) >= 11 is 0. The van der Waals surface area contributed by atoms with Crippen LogP contribution in [0.4, 0.5) is 11.5 Å². The van der Waals surface area contributed by atoms with Gasteiger partial charge in [-0.1, -0.05) is 12.2 Å². The Hall–Kier alpha value is -2.46. The van der Waals surface area contributed by atoms with Crippen molar-refractivity contribution in [3.63, 3.8) is 0 Å². The Morgan fingerprint density at radius 3 is 3.00 bits per heavy atom. The molecule has 0 unspecified atom stereocenters. The molecule has 0 aliphatic rings. The zero-order chi connectivity index (χ0) is 12.7. The highest BCUT2D eigenvalue weighted by atomic mass is 16.6. The highest BCUT2D eigenvalue weighted by Gasteiger charge is 2.20. The van der Waals surface area contributed by atoms with E-state index in [1.807, 2.05) is 0 Å². The summed E-state index contributed by atoms with van der Waals surface area (Å²) in [4.78, 5) is 14.0. The zero-order valence-corrected chi connectivity index (χ0v) is 8.96. The van der Waals surface area contributed by atoms with Gasteiger partial charge in [0, 0.05) is 19.3 Å². The van der Waals surface area contributed by atoms with Gasteiger partial charge in [-0.3, -0.25) is 10.1 Å². The van der Waals surface area contributed by atoms with E-state index in [2.05, 4.69) is 10.3 Å². The van der Waals surface area contributed by atoms with Gasteiger partial charge in [0.2, 0.25) is 5.82 Å². The van der Waals surface area contributed by atoms with Crippen molar-refractivity contribution in [2.45, 2.75) is 0 Å². The van der Waals surface area contributed by atoms with Crippen molar-refractivity contribution in [1.29, 1.82) is 5.26 Å². The number of nitrogens with two attached hydrogens (primary N) is 1. The van der Waals surface area contributed by atoms with Crippen LogP contribution < -0.4 is 11.1 Å². The Bertz CT molecular complexity index is 478. The summed E-state index contributed by atoms with van der Waals surface area (Å²) in [5.74, 6) is 0.0794. The average molecular weight is 233 g/mol. The van der Waals surface area contributed by atoms with Crippen molar-refractivity contribution in [2.24, 2.45) is 5.73 Å². The number of nitrogens with zero attached hydrogens (tertiary/aromatic N) is 3. The summed E-state index contributed by atoms with van der Waals surface area (Å²) in [5.41, 5.74) is 4.92. The number of aromatic nitrogens is 1. The fraction of sp³-hybridized carbons (Fsp3) is 0.200. The van der Waals surface area contributed by atoms with Crippen LogP contribution >= 0.6 is 0 Å². The molecule has 7 heteroatoms. The molecule has 0 amide bonds. The summed E-state index contributed by atoms with van der Waals surface area (Å²) in [7, 11) is 0. The number of nitriles is 1. The Kier molecular flexibility index (Phi) is 4.59. The predicted molar refractivity (Wildman–Crippen MR) is 62.3 cm³/mol. The minimum absolute atomic E-state index is 0.0182. The molecular formula is C10H11N5O2. The van der Waals surface area contributed by atoms with E-state index in [4.69, 9.17) is 11.0 Å². The fourth-order valence-electron chi connectivity index (χ4n) is 1.19. The molecule has 0 saturated carbocycles. The number of pyridine rings is 1. The smallest absolute Gasteiger partial charge is 0.328 e. The van der Waals surface area contributed by atoms with E-state index >= 15 is 0 Å². The lowest BCUT2D eigenvalue weighted by Crippen LogP contribution is -2.06. The first-order chi connectivity index (χ1) is 8.20. The molecule has 88 valence electrons. The van der Waals surface area contributed by atoms with Gasteiger partial charge in [-0.2, -0.15) is 5.26 Å². The molecule has 7 nitrogen and oxygen atoms in total. The van der Waals surface area contributed by atoms with Gasteiger partial charge in [0.15, 0.2) is 0 Å². The van der Waals surface area contributed by atoms with Crippen LogP contribution in [0.15, 0.2) is 24.4 Å². The van der Waals surface area contributed by atoms with Crippen LogP contribution in [0.5, 0.6) is 0 Å². The molecule has 1 aromatic rings. The zero-order valence-electron chi connectivity index (χ0n) is 8.96. The Balaban J connectivity index is 2.95. The third kappa shape index (κ3) is 3.25. The maximum absolute atomic E-state index is 10.8. The van der Waals surface area contributed by atoms with Gasteiger partial charge in [0.25, 0.3) is 0 Å². The standard InChI is InChI=1S/C10H11N5O2/c11-4-1-2-5-13-10-9(15(16)17)8(7-12)3-6-14-10/h1-3,6H,4-5,11H2,(H,13,14)/b2-1+. The van der Waals surface area contributed by atoms with Crippen molar-refractivity contribution in [3.8, 4) is 6.07 Å². The Morgan fingerprint density at radius 2 is 2.41 bits per heavy atom. The summed E-state index contributed by atoms with van der Waals surface area (Å²) in [6.45, 7) is 0.759. The normalized spacial score (nSPS) is 10.1. The molecule has 17 heavy (non-hydrogen) atoms. The maximum Gasteiger partial charge on any atom is 0.328 e. The number of nitro groups is 1. The molecular weight excluding hydrogens is 222 g/mol. The predicted octanol–water partition coefficient (Wildman–Crippen LogP) is 0.788. The molecule has 0 aromatic carbocycles. The monoisotopic (exact) mass is 233 g/mol. The van der Waals surface area contributed by atoms with E-state index in [1.54, 1.807) is 18.2 Å². The lowest BCUT2D eigenvalue weighted by molar-refractivity contribution is -0.384. The summed E-state index contributed by atoms with van der Waals surface area (Å²) in [5, 5.41) is 22.3. The fourth-order valence-corrected chi connectivity index (χ4v) is 1.19. The minimum Gasteiger partial charge on any atom is -0.361 e. The van der Waals surface area contributed by atoms with Gasteiger partial charge in [-0.05, 0) is 6.07 Å². The summed E-state index contributed by atoms with van der Waals surface area (Å²) in [6, 6.07) is 3.06. The minimum atomic E-state index is -0.624. The van der Waals surface area contributed by atoms with Gasteiger partial charge in [-0.25, -0.2) is 4.98 Å². The first-order valence-corrected chi connectivity index (χ1v) is 4.83. The highest BCUT2D eigenvalue weighted by molar-refractivity contribution is 5.64. The number of anilines is 1. The van der Waals surface area contributed by atoms with E-state index in [1.165, 1.54) is 12.3 Å². The number of rotatable bonds is 5. The second-order valence-electron chi connectivity index (χ2n) is 3.01. The maximum atomic E-state index is 10.8. The third-order valence-corrected chi connectivity index (χ3v) is 1.92. The lowest BCUT2D eigenvalue weighted by atomic mass is 10.2. The van der Waals surface area contributed by atoms with E-state index in [0.29, 0.717) is 13.1 Å². The molecule has 0 radical (unpaired) electrons. The van der Waals surface area contributed by atoms with Crippen molar-refractivity contribution in [3.05, 3.63) is 40.1 Å². The van der Waals surface area contributed by atoms with Crippen LogP contribution in [-0.4, -0.2) is 23.0 Å². The lowest BCUT2D eigenvalue weighted by Gasteiger charge is -2.03. The first-order valence-electron chi connectivity index (χ1n) is 4.83. The Morgan fingerprint density at radius 1 is 1.65 bits per heavy atom. The molecule has 0 aliphatic heterocycles. The summed E-state index contributed by atoms with van der Waals surface area (Å²) < 4.78 is 0. The van der Waals surface area contributed by atoms with E-state index < -0.39 is 4.92 Å². The Labute approximate surface area is 97.7 Å². The molecule has 0 aliphatic carbocycles. The van der Waals surface area contributed by atoms with Gasteiger partial charge >= 0.3 is 5.69 Å². The van der Waals surface area contributed by atoms with Gasteiger partial charge in [-0.15, -0.1) is 0 Å². The van der Waals surface area contributed by atoms with Gasteiger partial charge in [0.1, 0.15) is 11.6 Å². The van der Waals surface area contributed by atoms with Crippen molar-refractivity contribution in [2.75, 3.05) is 18.4 Å². The van der Waals surface area contributed by atoms with Crippen molar-refractivity contribution >= 4 is 11.5 Å². The highest BCUT2D eigenvalue weighted by Crippen LogP contribution is 2.25. The van der Waals surface area contributed by atoms with Gasteiger partial charge in [0.05, 0.1) is 4.92 Å². The van der Waals surface area contributed by atoms with Crippen LogP contribution in [0.25, 0.3) is 0 Å². The van der Waals surface area contributed by atoms with E-state index in [-0.39, 0.29) is 17.1 Å². The molecule has 1 rings (SSSR count). The largest absolute Gasteiger partial charge is 0.361 e. The van der Waals surface area contributed by atoms with Crippen LogP contribution in [0.2, 0.25) is 0 Å². The van der Waals surface area contributed by atoms with E-state index in [0.717, 1.165) is 0 Å². The second kappa shape index (κ2) is 6.19. The van der Waals surface area contributed by atoms with Crippen LogP contribution in [0.3, 0.4) is 0 Å². The topological polar surface area (TPSA) is 118 Å². The number of nitrogens with one attached hydrogen (secondary N) is 1. The number of hydrogen-bond acceptors (Lipinski definition) is 6. The molecule has 0 spiro atoms. The summed E-state index contributed by atoms with van der Waals surface area (Å²) in [6.07, 6.45) is 4.79. The second-order valence-corrected chi connectivity index (χ2v) is 3.01. The molecule has 0 fully saturated rings. The van der Waals surface area contributed by atoms with Gasteiger partial charge < -0.3 is 11.1 Å². The van der Waals surface area contributed by atoms with Crippen molar-refractivity contribution in [1.82, 2.24) is 4.98 Å². The molecule has 0 atom stereocenters. The molecule has 3 N–H and O–H groups in total. The first kappa shape index (κ1) is 12.6. The molecule has 0 bridgehead atoms. The quantitative estimate of drug-likeness (QED) is 0.441. The van der Waals surface area contributed by atoms with Crippen molar-refractivity contribution < 1.29 is 4.92 Å². The number of hydrogen-bond donors (Lipinski definition) is 2. The average Bonchev–Trinajstić information content (AvgIpc) is 2.33. The van der Waals surface area contributed by atoms with Crippen LogP contribution in [0, 0.1) is 21.4 Å². The molecule has 1 aromatic heterocycles. The SMILES string of the molecule is N#Cc1ccnc(NC/C=C/CN)c1[N+](=O)[O-]. The molecule has 0 saturated heterocycles. The third-order valence-electron chi connectivity index (χ3n) is 1.92. The van der Waals surface area contributed by atoms with Crippen LogP contribution in [-0.2, 0) is 0 Å². The molecule has 1 heterocycles. The van der Waals surface area contributed by atoms with E-state index in [9.17, 15) is 10.1 Å².